The van der Waals surface area contributed by atoms with E-state index in [2.05, 4.69) is 26.6 Å². The molecule has 0 saturated carbocycles. The number of para-hydroxylation sites is 2. The number of carboxylic acid groups (broad SMARTS) is 1. The number of nitrogens with zero attached hydrogens (tertiary/aromatic N) is 2. The van der Waals surface area contributed by atoms with Gasteiger partial charge < -0.3 is 35.4 Å². The van der Waals surface area contributed by atoms with E-state index in [4.69, 9.17) is 14.6 Å². The third kappa shape index (κ3) is 9.08. The van der Waals surface area contributed by atoms with E-state index in [0.29, 0.717) is 28.3 Å². The molecule has 2 atom stereocenters. The fraction of sp³-hybridized carbons (Fsp3) is 0.297. The van der Waals surface area contributed by atoms with Gasteiger partial charge in [-0.1, -0.05) is 52.3 Å². The van der Waals surface area contributed by atoms with Crippen molar-refractivity contribution in [2.24, 2.45) is 0 Å². The predicted octanol–water partition coefficient (Wildman–Crippen LogP) is 5.76. The highest BCUT2D eigenvalue weighted by Gasteiger charge is 2.39. The number of hydrogen-bond donors (Lipinski definition) is 4. The number of ether oxygens (including phenoxy) is 1. The van der Waals surface area contributed by atoms with Crippen LogP contribution in [0.4, 0.5) is 24.5 Å². The Kier molecular flexibility index (Phi) is 12.3. The number of anilines is 2. The maximum absolute atomic E-state index is 14.5. The SMILES string of the molecule is CN[C@@H](C)C(=O)N[C@H]1CN(C(=O)c2ccc(C(C)(C)O)cc2)c2ccccc2N(Cc2c(OC)ccc3cc(Br)ccc23)C1=O.O=C(O)C(F)(F)F. The number of aliphatic carboxylic acids is 1. The number of carbonyl (C=O) groups excluding carboxylic acids is 3. The Morgan fingerprint density at radius 2 is 1.62 bits per heavy atom. The summed E-state index contributed by atoms with van der Waals surface area (Å²) in [7, 11) is 3.26. The summed E-state index contributed by atoms with van der Waals surface area (Å²) < 4.78 is 38.4. The van der Waals surface area contributed by atoms with Gasteiger partial charge in [0.15, 0.2) is 0 Å². The number of hydrogen-bond acceptors (Lipinski definition) is 7. The molecule has 3 amide bonds. The van der Waals surface area contributed by atoms with E-state index in [-0.39, 0.29) is 30.8 Å². The van der Waals surface area contributed by atoms with Crippen LogP contribution in [0.25, 0.3) is 10.8 Å². The highest BCUT2D eigenvalue weighted by molar-refractivity contribution is 9.10. The number of halogens is 4. The number of amides is 3. The molecule has 52 heavy (non-hydrogen) atoms. The van der Waals surface area contributed by atoms with Crippen LogP contribution in [0.15, 0.2) is 83.3 Å². The maximum atomic E-state index is 14.5. The third-order valence-electron chi connectivity index (χ3n) is 8.45. The highest BCUT2D eigenvalue weighted by Crippen LogP contribution is 2.38. The summed E-state index contributed by atoms with van der Waals surface area (Å²) in [5, 5.41) is 25.2. The molecule has 0 bridgehead atoms. The summed E-state index contributed by atoms with van der Waals surface area (Å²) in [5.41, 5.74) is 1.83. The van der Waals surface area contributed by atoms with E-state index < -0.39 is 29.8 Å². The Balaban J connectivity index is 0.000000785. The second-order valence-corrected chi connectivity index (χ2v) is 13.4. The number of carboxylic acids is 1. The van der Waals surface area contributed by atoms with Crippen LogP contribution in [0, 0.1) is 0 Å². The van der Waals surface area contributed by atoms with Crippen LogP contribution in [-0.2, 0) is 26.5 Å². The largest absolute Gasteiger partial charge is 0.496 e. The first-order valence-corrected chi connectivity index (χ1v) is 16.7. The van der Waals surface area contributed by atoms with Gasteiger partial charge in [0.2, 0.25) is 5.91 Å². The molecule has 1 aliphatic rings. The molecule has 276 valence electrons. The molecule has 11 nitrogen and oxygen atoms in total. The molecular formula is C37H38BrF3N4O7. The number of aliphatic hydroxyl groups is 1. The zero-order chi connectivity index (χ0) is 38.5. The van der Waals surface area contributed by atoms with Crippen LogP contribution in [0.1, 0.15) is 42.3 Å². The van der Waals surface area contributed by atoms with Crippen molar-refractivity contribution in [2.45, 2.75) is 51.2 Å². The Bertz CT molecular complexity index is 1970. The molecule has 0 spiro atoms. The van der Waals surface area contributed by atoms with Crippen LogP contribution in [0.3, 0.4) is 0 Å². The van der Waals surface area contributed by atoms with Crippen molar-refractivity contribution >= 4 is 61.8 Å². The van der Waals surface area contributed by atoms with Gasteiger partial charge in [-0.25, -0.2) is 4.79 Å². The zero-order valence-corrected chi connectivity index (χ0v) is 30.5. The summed E-state index contributed by atoms with van der Waals surface area (Å²) in [4.78, 5) is 53.8. The maximum Gasteiger partial charge on any atom is 0.490 e. The molecule has 4 N–H and O–H groups in total. The average Bonchev–Trinajstić information content (AvgIpc) is 3.21. The number of carbonyl (C=O) groups is 4. The van der Waals surface area contributed by atoms with E-state index in [1.807, 2.05) is 42.5 Å². The van der Waals surface area contributed by atoms with Gasteiger partial charge in [0, 0.05) is 15.6 Å². The first-order chi connectivity index (χ1) is 24.4. The molecule has 4 aromatic carbocycles. The number of rotatable bonds is 8. The number of fused-ring (bicyclic) bond motifs is 2. The summed E-state index contributed by atoms with van der Waals surface area (Å²) in [6, 6.07) is 22.2. The molecule has 15 heteroatoms. The molecule has 0 unspecified atom stereocenters. The highest BCUT2D eigenvalue weighted by atomic mass is 79.9. The minimum Gasteiger partial charge on any atom is -0.496 e. The molecule has 0 radical (unpaired) electrons. The van der Waals surface area contributed by atoms with Gasteiger partial charge >= 0.3 is 12.1 Å². The lowest BCUT2D eigenvalue weighted by Crippen LogP contribution is -2.55. The topological polar surface area (TPSA) is 149 Å². The Hall–Kier alpha value is -4.99. The normalized spacial score (nSPS) is 15.2. The second-order valence-electron chi connectivity index (χ2n) is 12.5. The quantitative estimate of drug-likeness (QED) is 0.176. The van der Waals surface area contributed by atoms with E-state index in [9.17, 15) is 32.7 Å². The lowest BCUT2D eigenvalue weighted by Gasteiger charge is -2.27. The zero-order valence-electron chi connectivity index (χ0n) is 28.9. The molecule has 0 aliphatic carbocycles. The van der Waals surface area contributed by atoms with Crippen molar-refractivity contribution < 1.29 is 47.3 Å². The van der Waals surface area contributed by atoms with Crippen LogP contribution in [0.2, 0.25) is 0 Å². The van der Waals surface area contributed by atoms with Gasteiger partial charge in [-0.15, -0.1) is 0 Å². The summed E-state index contributed by atoms with van der Waals surface area (Å²) in [5.74, 6) is -3.21. The molecular weight excluding hydrogens is 749 g/mol. The smallest absolute Gasteiger partial charge is 0.490 e. The lowest BCUT2D eigenvalue weighted by molar-refractivity contribution is -0.192. The van der Waals surface area contributed by atoms with Gasteiger partial charge in [0.05, 0.1) is 43.2 Å². The van der Waals surface area contributed by atoms with Crippen molar-refractivity contribution in [2.75, 3.05) is 30.5 Å². The van der Waals surface area contributed by atoms with Gasteiger partial charge in [-0.05, 0) is 86.6 Å². The predicted molar refractivity (Wildman–Crippen MR) is 193 cm³/mol. The summed E-state index contributed by atoms with van der Waals surface area (Å²) >= 11 is 3.54. The fourth-order valence-electron chi connectivity index (χ4n) is 5.51. The van der Waals surface area contributed by atoms with Crippen molar-refractivity contribution in [3.05, 3.63) is 100 Å². The molecule has 0 aromatic heterocycles. The van der Waals surface area contributed by atoms with Crippen molar-refractivity contribution in [1.82, 2.24) is 10.6 Å². The lowest BCUT2D eigenvalue weighted by atomic mass is 9.97. The van der Waals surface area contributed by atoms with Gasteiger partial charge in [-0.2, -0.15) is 13.2 Å². The third-order valence-corrected chi connectivity index (χ3v) is 8.94. The molecule has 5 rings (SSSR count). The minimum absolute atomic E-state index is 0.0831. The van der Waals surface area contributed by atoms with Crippen LogP contribution < -0.4 is 25.2 Å². The number of methoxy groups -OCH3 is 1. The Morgan fingerprint density at radius 3 is 2.17 bits per heavy atom. The fourth-order valence-corrected chi connectivity index (χ4v) is 5.89. The van der Waals surface area contributed by atoms with Crippen LogP contribution in [-0.4, -0.2) is 72.9 Å². The first kappa shape index (κ1) is 39.8. The number of benzene rings is 4. The van der Waals surface area contributed by atoms with Crippen molar-refractivity contribution in [1.29, 1.82) is 0 Å². The number of likely N-dealkylation sites (N-methyl/N-ethyl adjacent to an activating group) is 1. The number of alkyl halides is 3. The molecule has 1 aliphatic heterocycles. The molecule has 0 saturated heterocycles. The monoisotopic (exact) mass is 786 g/mol. The molecule has 4 aromatic rings. The minimum atomic E-state index is -5.08. The van der Waals surface area contributed by atoms with Gasteiger partial charge in [-0.3, -0.25) is 14.4 Å². The summed E-state index contributed by atoms with van der Waals surface area (Å²) in [6.45, 7) is 5.11. The standard InChI is InChI=1S/C35H37BrN4O5.C2HF3O2/c1-21(37-4)32(41)38-28-20-40(33(42)22-10-13-24(14-11-22)35(2,3)44)30-9-7-6-8-29(30)39(34(28)43)19-27-26-16-15-25(36)18-23(26)12-17-31(27)45-5;3-2(4,5)1(6)7/h6-18,21,28,37,44H,19-20H2,1-5H3,(H,38,41);(H,6,7)/t21-,28-;/m0./s1. The Morgan fingerprint density at radius 1 is 1.00 bits per heavy atom. The van der Waals surface area contributed by atoms with E-state index in [1.54, 1.807) is 81.1 Å². The second kappa shape index (κ2) is 16.1. The van der Waals surface area contributed by atoms with E-state index >= 15 is 0 Å². The van der Waals surface area contributed by atoms with Gasteiger partial charge in [0.25, 0.3) is 11.8 Å². The van der Waals surface area contributed by atoms with Crippen molar-refractivity contribution in [3.63, 3.8) is 0 Å². The van der Waals surface area contributed by atoms with Crippen molar-refractivity contribution in [3.8, 4) is 5.75 Å². The summed E-state index contributed by atoms with van der Waals surface area (Å²) in [6.07, 6.45) is -5.08. The van der Waals surface area contributed by atoms with Crippen LogP contribution in [0.5, 0.6) is 5.75 Å². The first-order valence-electron chi connectivity index (χ1n) is 16.0. The molecule has 0 fully saturated rings. The average molecular weight is 788 g/mol. The number of nitrogens with one attached hydrogen (secondary N) is 2. The van der Waals surface area contributed by atoms with Crippen LogP contribution >= 0.6 is 15.9 Å². The van der Waals surface area contributed by atoms with E-state index in [0.717, 1.165) is 20.8 Å². The van der Waals surface area contributed by atoms with Gasteiger partial charge in [0.1, 0.15) is 11.8 Å². The molecule has 1 heterocycles. The Labute approximate surface area is 306 Å². The van der Waals surface area contributed by atoms with E-state index in [1.165, 1.54) is 0 Å².